The summed E-state index contributed by atoms with van der Waals surface area (Å²) in [6, 6.07) is 19.5. The Bertz CT molecular complexity index is 1520. The lowest BCUT2D eigenvalue weighted by molar-refractivity contribution is 0.474. The number of phenols is 1. The van der Waals surface area contributed by atoms with E-state index in [4.69, 9.17) is 4.99 Å². The molecule has 0 bridgehead atoms. The Labute approximate surface area is 186 Å². The van der Waals surface area contributed by atoms with Gasteiger partial charge in [0.2, 0.25) is 0 Å². The van der Waals surface area contributed by atoms with Crippen LogP contribution in [0.25, 0.3) is 11.8 Å². The zero-order chi connectivity index (χ0) is 20.9. The molecule has 0 saturated carbocycles. The fourth-order valence-electron chi connectivity index (χ4n) is 4.47. The lowest BCUT2D eigenvalue weighted by Gasteiger charge is -2.30. The lowest BCUT2D eigenvalue weighted by atomic mass is 9.85. The Morgan fingerprint density at radius 2 is 1.87 bits per heavy atom. The summed E-state index contributed by atoms with van der Waals surface area (Å²) in [5.74, 6) is 0.163. The van der Waals surface area contributed by atoms with Crippen molar-refractivity contribution in [3.8, 4) is 5.75 Å². The minimum absolute atomic E-state index is 0.0594. The number of hydrogen-bond donors (Lipinski definition) is 1. The first-order valence-electron chi connectivity index (χ1n) is 10.2. The van der Waals surface area contributed by atoms with Crippen LogP contribution >= 0.6 is 22.7 Å². The highest BCUT2D eigenvalue weighted by Crippen LogP contribution is 2.42. The van der Waals surface area contributed by atoms with Crippen molar-refractivity contribution in [3.05, 3.63) is 113 Å². The first-order chi connectivity index (χ1) is 15.2. The van der Waals surface area contributed by atoms with Gasteiger partial charge in [0, 0.05) is 16.0 Å². The molecule has 0 radical (unpaired) electrons. The van der Waals surface area contributed by atoms with E-state index in [-0.39, 0.29) is 17.4 Å². The third-order valence-electron chi connectivity index (χ3n) is 5.91. The smallest absolute Gasteiger partial charge is 0.271 e. The number of allylic oxidation sites excluding steroid dienone is 1. The van der Waals surface area contributed by atoms with E-state index >= 15 is 0 Å². The molecule has 0 fully saturated rings. The number of thiophene rings is 1. The molecule has 2 aromatic heterocycles. The van der Waals surface area contributed by atoms with Crippen LogP contribution in [0.5, 0.6) is 5.75 Å². The number of nitrogens with zero attached hydrogens (tertiary/aromatic N) is 2. The molecule has 0 amide bonds. The van der Waals surface area contributed by atoms with Gasteiger partial charge in [-0.25, -0.2) is 4.99 Å². The second kappa shape index (κ2) is 7.18. The minimum Gasteiger partial charge on any atom is -0.507 e. The summed E-state index contributed by atoms with van der Waals surface area (Å²) >= 11 is 3.06. The van der Waals surface area contributed by atoms with Crippen molar-refractivity contribution in [2.45, 2.75) is 18.9 Å². The lowest BCUT2D eigenvalue weighted by Crippen LogP contribution is -2.38. The number of thiazole rings is 1. The summed E-state index contributed by atoms with van der Waals surface area (Å²) in [7, 11) is 0. The molecule has 1 atom stereocenters. The van der Waals surface area contributed by atoms with Crippen molar-refractivity contribution in [2.75, 3.05) is 0 Å². The fraction of sp³-hybridized carbons (Fsp3) is 0.120. The van der Waals surface area contributed by atoms with E-state index in [0.29, 0.717) is 14.9 Å². The van der Waals surface area contributed by atoms with Gasteiger partial charge in [-0.2, -0.15) is 0 Å². The third-order valence-corrected chi connectivity index (χ3v) is 7.82. The maximum atomic E-state index is 13.5. The molecule has 1 aliphatic carbocycles. The zero-order valence-corrected chi connectivity index (χ0v) is 18.1. The van der Waals surface area contributed by atoms with Crippen LogP contribution in [0.15, 0.2) is 81.4 Å². The molecule has 4 aromatic rings. The molecule has 6 heteroatoms. The number of rotatable bonds is 2. The van der Waals surface area contributed by atoms with E-state index in [0.717, 1.165) is 23.4 Å². The number of aromatic nitrogens is 1. The van der Waals surface area contributed by atoms with Crippen LogP contribution in [0.3, 0.4) is 0 Å². The molecule has 31 heavy (non-hydrogen) atoms. The average molecular weight is 443 g/mol. The van der Waals surface area contributed by atoms with Crippen LogP contribution in [-0.4, -0.2) is 9.67 Å². The summed E-state index contributed by atoms with van der Waals surface area (Å²) in [4.78, 5) is 20.4. The number of benzene rings is 2. The maximum Gasteiger partial charge on any atom is 0.271 e. The van der Waals surface area contributed by atoms with Gasteiger partial charge in [-0.15, -0.1) is 11.3 Å². The molecule has 1 aliphatic heterocycles. The zero-order valence-electron chi connectivity index (χ0n) is 16.5. The fourth-order valence-corrected chi connectivity index (χ4v) is 6.31. The van der Waals surface area contributed by atoms with Gasteiger partial charge in [0.1, 0.15) is 5.75 Å². The van der Waals surface area contributed by atoms with Crippen molar-refractivity contribution >= 4 is 34.4 Å². The Balaban J connectivity index is 1.64. The quantitative estimate of drug-likeness (QED) is 0.509. The van der Waals surface area contributed by atoms with Crippen molar-refractivity contribution in [2.24, 2.45) is 4.99 Å². The molecule has 2 aliphatic rings. The Kier molecular flexibility index (Phi) is 4.30. The Hall–Kier alpha value is -3.22. The Morgan fingerprint density at radius 1 is 1.03 bits per heavy atom. The van der Waals surface area contributed by atoms with E-state index in [1.807, 2.05) is 22.8 Å². The van der Waals surface area contributed by atoms with Gasteiger partial charge in [0.05, 0.1) is 16.3 Å². The van der Waals surface area contributed by atoms with E-state index in [1.165, 1.54) is 28.0 Å². The predicted molar refractivity (Wildman–Crippen MR) is 125 cm³/mol. The topological polar surface area (TPSA) is 54.6 Å². The number of aryl methyl sites for hydroxylation is 1. The number of hydrogen-bond acceptors (Lipinski definition) is 5. The van der Waals surface area contributed by atoms with Gasteiger partial charge >= 0.3 is 0 Å². The molecule has 6 rings (SSSR count). The molecule has 3 heterocycles. The number of aromatic hydroxyl groups is 1. The van der Waals surface area contributed by atoms with Crippen molar-refractivity contribution < 1.29 is 5.11 Å². The van der Waals surface area contributed by atoms with Crippen LogP contribution in [-0.2, 0) is 6.42 Å². The molecule has 2 aromatic carbocycles. The maximum absolute atomic E-state index is 13.5. The first kappa shape index (κ1) is 18.5. The minimum atomic E-state index is -0.133. The standard InChI is InChI=1S/C25H18N2O2S2/c28-19-9-4-2-7-16(19)14-21-24(29)27-23(20-10-5-13-30-20)18-12-11-15-6-1-3-8-17(15)22(18)26-25(27)31-21/h1-10,13-14,23,28H,11-12H2. The molecule has 1 N–H and O–H groups in total. The highest BCUT2D eigenvalue weighted by atomic mass is 32.1. The predicted octanol–water partition coefficient (Wildman–Crippen LogP) is 4.09. The summed E-state index contributed by atoms with van der Waals surface area (Å²) in [6.07, 6.45) is 3.61. The molecule has 0 spiro atoms. The van der Waals surface area contributed by atoms with Gasteiger partial charge in [-0.1, -0.05) is 59.9 Å². The van der Waals surface area contributed by atoms with Crippen molar-refractivity contribution in [3.63, 3.8) is 0 Å². The molecule has 1 unspecified atom stereocenters. The summed E-state index contributed by atoms with van der Waals surface area (Å²) < 4.78 is 2.42. The van der Waals surface area contributed by atoms with Gasteiger partial charge < -0.3 is 5.11 Å². The van der Waals surface area contributed by atoms with Crippen LogP contribution in [0.2, 0.25) is 0 Å². The monoisotopic (exact) mass is 442 g/mol. The number of phenolic OH excluding ortho intramolecular Hbond substituents is 1. The van der Waals surface area contributed by atoms with Crippen LogP contribution in [0.1, 0.15) is 34.0 Å². The second-order valence-electron chi connectivity index (χ2n) is 7.69. The van der Waals surface area contributed by atoms with Gasteiger partial charge in [0.15, 0.2) is 4.80 Å². The van der Waals surface area contributed by atoms with Gasteiger partial charge in [-0.3, -0.25) is 9.36 Å². The van der Waals surface area contributed by atoms with Crippen molar-refractivity contribution in [1.29, 1.82) is 0 Å². The number of para-hydroxylation sites is 1. The van der Waals surface area contributed by atoms with E-state index < -0.39 is 0 Å². The summed E-state index contributed by atoms with van der Waals surface area (Å²) in [5.41, 5.74) is 5.27. The first-order valence-corrected chi connectivity index (χ1v) is 11.8. The summed E-state index contributed by atoms with van der Waals surface area (Å²) in [6.45, 7) is 0. The average Bonchev–Trinajstić information content (AvgIpc) is 3.43. The van der Waals surface area contributed by atoms with E-state index in [1.54, 1.807) is 29.5 Å². The molecular formula is C25H18N2O2S2. The van der Waals surface area contributed by atoms with Crippen LogP contribution in [0, 0.1) is 0 Å². The summed E-state index contributed by atoms with van der Waals surface area (Å²) in [5, 5.41) is 12.2. The van der Waals surface area contributed by atoms with E-state index in [2.05, 4.69) is 35.7 Å². The second-order valence-corrected chi connectivity index (χ2v) is 9.68. The SMILES string of the molecule is O=c1c(=Cc2ccccc2O)sc2n1C(c1cccs1)C1=C(N=2)c2ccccc2CC1. The highest BCUT2D eigenvalue weighted by molar-refractivity contribution is 7.10. The molecule has 152 valence electrons. The largest absolute Gasteiger partial charge is 0.507 e. The molecular weight excluding hydrogens is 424 g/mol. The van der Waals surface area contributed by atoms with Crippen LogP contribution < -0.4 is 14.9 Å². The Morgan fingerprint density at radius 3 is 2.71 bits per heavy atom. The van der Waals surface area contributed by atoms with Gasteiger partial charge in [0.25, 0.3) is 5.56 Å². The van der Waals surface area contributed by atoms with Crippen molar-refractivity contribution in [1.82, 2.24) is 4.57 Å². The van der Waals surface area contributed by atoms with Gasteiger partial charge in [-0.05, 0) is 47.6 Å². The third kappa shape index (κ3) is 2.94. The normalized spacial score (nSPS) is 17.7. The van der Waals surface area contributed by atoms with Crippen LogP contribution in [0.4, 0.5) is 0 Å². The highest BCUT2D eigenvalue weighted by Gasteiger charge is 2.32. The molecule has 0 saturated heterocycles. The van der Waals surface area contributed by atoms with E-state index in [9.17, 15) is 9.90 Å². The number of fused-ring (bicyclic) bond motifs is 3. The molecule has 4 nitrogen and oxygen atoms in total.